The molecule has 2 N–H and O–H groups in total. The minimum atomic E-state index is -1.03. The maximum absolute atomic E-state index is 12.2. The van der Waals surface area contributed by atoms with Crippen LogP contribution in [-0.2, 0) is 14.3 Å². The Labute approximate surface area is 118 Å². The average molecular weight is 286 g/mol. The molecule has 0 spiro atoms. The molecule has 1 aliphatic heterocycles. The molecule has 2 unspecified atom stereocenters. The van der Waals surface area contributed by atoms with Crippen LogP contribution in [0.15, 0.2) is 0 Å². The van der Waals surface area contributed by atoms with E-state index in [0.717, 1.165) is 12.8 Å². The molecule has 1 heterocycles. The fourth-order valence-electron chi connectivity index (χ4n) is 2.58. The molecule has 1 saturated heterocycles. The van der Waals surface area contributed by atoms with Crippen LogP contribution in [0.25, 0.3) is 0 Å². The Morgan fingerprint density at radius 3 is 2.50 bits per heavy atom. The van der Waals surface area contributed by atoms with Crippen LogP contribution in [-0.4, -0.2) is 53.7 Å². The van der Waals surface area contributed by atoms with E-state index in [-0.39, 0.29) is 0 Å². The van der Waals surface area contributed by atoms with Crippen LogP contribution in [0.1, 0.15) is 33.6 Å². The van der Waals surface area contributed by atoms with Gasteiger partial charge in [-0.3, -0.25) is 0 Å². The highest BCUT2D eigenvalue weighted by atomic mass is 16.5. The number of rotatable bonds is 3. The summed E-state index contributed by atoms with van der Waals surface area (Å²) in [6.07, 6.45) is 1.47. The second-order valence-electron chi connectivity index (χ2n) is 5.72. The summed E-state index contributed by atoms with van der Waals surface area (Å²) in [5.41, 5.74) is -0.504. The molecule has 0 bridgehead atoms. The molecule has 0 saturated carbocycles. The molecular weight excluding hydrogens is 264 g/mol. The Morgan fingerprint density at radius 1 is 1.40 bits per heavy atom. The van der Waals surface area contributed by atoms with Crippen molar-refractivity contribution in [1.29, 1.82) is 0 Å². The van der Waals surface area contributed by atoms with Gasteiger partial charge in [0.15, 0.2) is 0 Å². The van der Waals surface area contributed by atoms with E-state index in [1.165, 1.54) is 18.9 Å². The van der Waals surface area contributed by atoms with Crippen LogP contribution in [0.2, 0.25) is 0 Å². The first kappa shape index (κ1) is 16.3. The maximum Gasteiger partial charge on any atom is 0.328 e. The van der Waals surface area contributed by atoms with Gasteiger partial charge in [-0.25, -0.2) is 14.4 Å². The maximum atomic E-state index is 12.2. The van der Waals surface area contributed by atoms with Crippen molar-refractivity contribution in [2.75, 3.05) is 13.7 Å². The van der Waals surface area contributed by atoms with Gasteiger partial charge in [0, 0.05) is 6.54 Å². The predicted octanol–water partition coefficient (Wildman–Crippen LogP) is 0.833. The number of piperidine rings is 1. The molecule has 2 amide bonds. The Morgan fingerprint density at radius 2 is 2.00 bits per heavy atom. The molecule has 0 aromatic heterocycles. The van der Waals surface area contributed by atoms with E-state index < -0.39 is 35.5 Å². The number of carboxylic acids is 1. The van der Waals surface area contributed by atoms with E-state index in [1.807, 2.05) is 13.8 Å². The number of hydrogen-bond acceptors (Lipinski definition) is 4. The molecule has 1 fully saturated rings. The number of carbonyl (C=O) groups excluding carboxylic acids is 2. The molecule has 7 nitrogen and oxygen atoms in total. The number of nitrogens with zero attached hydrogens (tertiary/aromatic N) is 1. The zero-order valence-corrected chi connectivity index (χ0v) is 12.3. The number of carboxylic acid groups (broad SMARTS) is 1. The molecule has 0 radical (unpaired) electrons. The zero-order valence-electron chi connectivity index (χ0n) is 12.3. The molecule has 0 aromatic carbocycles. The first-order valence-corrected chi connectivity index (χ1v) is 6.58. The molecule has 0 aliphatic carbocycles. The first-order valence-electron chi connectivity index (χ1n) is 6.58. The Hall–Kier alpha value is -1.79. The van der Waals surface area contributed by atoms with Gasteiger partial charge in [-0.15, -0.1) is 0 Å². The largest absolute Gasteiger partial charge is 0.480 e. The minimum Gasteiger partial charge on any atom is -0.480 e. The van der Waals surface area contributed by atoms with E-state index in [4.69, 9.17) is 0 Å². The van der Waals surface area contributed by atoms with E-state index in [9.17, 15) is 19.5 Å². The number of carbonyl (C=O) groups is 3. The standard InChI is InChI=1S/C13H22N2O5/c1-8(11(18)20-4)14-12(19)15-7-5-6-13(2,3)9(15)10(16)17/h8-9H,5-7H2,1-4H3,(H,14,19)(H,16,17). The number of esters is 1. The van der Waals surface area contributed by atoms with Gasteiger partial charge in [0.25, 0.3) is 0 Å². The lowest BCUT2D eigenvalue weighted by molar-refractivity contribution is -0.148. The monoisotopic (exact) mass is 286 g/mol. The number of amides is 2. The lowest BCUT2D eigenvalue weighted by Gasteiger charge is -2.44. The third kappa shape index (κ3) is 3.40. The van der Waals surface area contributed by atoms with Gasteiger partial charge in [0.2, 0.25) is 0 Å². The number of aliphatic carboxylic acids is 1. The van der Waals surface area contributed by atoms with Gasteiger partial charge in [-0.2, -0.15) is 0 Å². The molecule has 2 atom stereocenters. The fraction of sp³-hybridized carbons (Fsp3) is 0.769. The molecule has 20 heavy (non-hydrogen) atoms. The number of urea groups is 1. The molecular formula is C13H22N2O5. The lowest BCUT2D eigenvalue weighted by Crippen LogP contribution is -2.60. The second-order valence-corrected chi connectivity index (χ2v) is 5.72. The number of likely N-dealkylation sites (tertiary alicyclic amines) is 1. The highest BCUT2D eigenvalue weighted by Gasteiger charge is 2.44. The van der Waals surface area contributed by atoms with Crippen LogP contribution in [0, 0.1) is 5.41 Å². The summed E-state index contributed by atoms with van der Waals surface area (Å²) in [5.74, 6) is -1.60. The van der Waals surface area contributed by atoms with E-state index in [1.54, 1.807) is 0 Å². The Bertz CT molecular complexity index is 408. The summed E-state index contributed by atoms with van der Waals surface area (Å²) in [4.78, 5) is 36.2. The van der Waals surface area contributed by atoms with Crippen molar-refractivity contribution in [2.45, 2.75) is 45.7 Å². The summed E-state index contributed by atoms with van der Waals surface area (Å²) in [7, 11) is 1.23. The molecule has 0 aromatic rings. The zero-order chi connectivity index (χ0) is 15.5. The Kier molecular flexibility index (Phi) is 4.97. The van der Waals surface area contributed by atoms with Gasteiger partial charge in [-0.05, 0) is 25.2 Å². The quantitative estimate of drug-likeness (QED) is 0.749. The van der Waals surface area contributed by atoms with Crippen LogP contribution in [0.4, 0.5) is 4.79 Å². The number of hydrogen-bond donors (Lipinski definition) is 2. The van der Waals surface area contributed by atoms with Crippen LogP contribution in [0.5, 0.6) is 0 Å². The van der Waals surface area contributed by atoms with Gasteiger partial charge < -0.3 is 20.1 Å². The molecule has 114 valence electrons. The average Bonchev–Trinajstić information content (AvgIpc) is 2.35. The van der Waals surface area contributed by atoms with Gasteiger partial charge >= 0.3 is 18.0 Å². The molecule has 1 aliphatic rings. The summed E-state index contributed by atoms with van der Waals surface area (Å²) in [6.45, 7) is 5.51. The fourth-order valence-corrected chi connectivity index (χ4v) is 2.58. The van der Waals surface area contributed by atoms with E-state index in [2.05, 4.69) is 10.1 Å². The van der Waals surface area contributed by atoms with Gasteiger partial charge in [0.1, 0.15) is 12.1 Å². The first-order chi connectivity index (χ1) is 9.20. The summed E-state index contributed by atoms with van der Waals surface area (Å²) in [6, 6.07) is -2.27. The van der Waals surface area contributed by atoms with Crippen molar-refractivity contribution in [3.63, 3.8) is 0 Å². The highest BCUT2D eigenvalue weighted by Crippen LogP contribution is 2.35. The van der Waals surface area contributed by atoms with Gasteiger partial charge in [-0.1, -0.05) is 13.8 Å². The number of methoxy groups -OCH3 is 1. The normalized spacial score (nSPS) is 22.8. The predicted molar refractivity (Wildman–Crippen MR) is 71.2 cm³/mol. The van der Waals surface area contributed by atoms with Gasteiger partial charge in [0.05, 0.1) is 7.11 Å². The smallest absolute Gasteiger partial charge is 0.328 e. The van der Waals surface area contributed by atoms with Crippen molar-refractivity contribution < 1.29 is 24.2 Å². The van der Waals surface area contributed by atoms with E-state index >= 15 is 0 Å². The summed E-state index contributed by atoms with van der Waals surface area (Å²) in [5, 5.41) is 11.8. The topological polar surface area (TPSA) is 95.9 Å². The van der Waals surface area contributed by atoms with Crippen molar-refractivity contribution in [2.24, 2.45) is 5.41 Å². The van der Waals surface area contributed by atoms with Crippen molar-refractivity contribution in [1.82, 2.24) is 10.2 Å². The number of ether oxygens (including phenoxy) is 1. The third-order valence-corrected chi connectivity index (χ3v) is 3.66. The van der Waals surface area contributed by atoms with Crippen LogP contribution in [0.3, 0.4) is 0 Å². The lowest BCUT2D eigenvalue weighted by atomic mass is 9.76. The summed E-state index contributed by atoms with van der Waals surface area (Å²) >= 11 is 0. The van der Waals surface area contributed by atoms with Crippen LogP contribution < -0.4 is 5.32 Å². The van der Waals surface area contributed by atoms with Crippen LogP contribution >= 0.6 is 0 Å². The SMILES string of the molecule is COC(=O)C(C)NC(=O)N1CCCC(C)(C)C1C(=O)O. The molecule has 1 rings (SSSR count). The Balaban J connectivity index is 2.84. The van der Waals surface area contributed by atoms with E-state index in [0.29, 0.717) is 6.54 Å². The van der Waals surface area contributed by atoms with Crippen molar-refractivity contribution in [3.05, 3.63) is 0 Å². The minimum absolute atomic E-state index is 0.361. The summed E-state index contributed by atoms with van der Waals surface area (Å²) < 4.78 is 4.53. The van der Waals surface area contributed by atoms with Crippen molar-refractivity contribution >= 4 is 18.0 Å². The molecule has 7 heteroatoms. The number of nitrogens with one attached hydrogen (secondary N) is 1. The second kappa shape index (κ2) is 6.11. The third-order valence-electron chi connectivity index (χ3n) is 3.66. The highest BCUT2D eigenvalue weighted by molar-refractivity contribution is 5.87. The van der Waals surface area contributed by atoms with Crippen molar-refractivity contribution in [3.8, 4) is 0 Å².